The van der Waals surface area contributed by atoms with E-state index in [9.17, 15) is 4.79 Å². The van der Waals surface area contributed by atoms with Crippen molar-refractivity contribution in [1.82, 2.24) is 0 Å². The van der Waals surface area contributed by atoms with Crippen LogP contribution in [0.25, 0.3) is 0 Å². The Bertz CT molecular complexity index is 378. The van der Waals surface area contributed by atoms with Crippen LogP contribution >= 0.6 is 0 Å². The van der Waals surface area contributed by atoms with Gasteiger partial charge < -0.3 is 4.74 Å². The zero-order valence-electron chi connectivity index (χ0n) is 7.41. The van der Waals surface area contributed by atoms with Crippen molar-refractivity contribution in [2.75, 3.05) is 7.11 Å². The third kappa shape index (κ3) is 1.35. The predicted molar refractivity (Wildman–Crippen MR) is 50.2 cm³/mol. The first kappa shape index (κ1) is 8.05. The fourth-order valence-corrected chi connectivity index (χ4v) is 1.49. The first-order valence-corrected chi connectivity index (χ1v) is 4.19. The van der Waals surface area contributed by atoms with Gasteiger partial charge in [0.25, 0.3) is 0 Å². The van der Waals surface area contributed by atoms with Crippen LogP contribution in [0.1, 0.15) is 15.9 Å². The first-order chi connectivity index (χ1) is 6.31. The van der Waals surface area contributed by atoms with Crippen LogP contribution in [-0.4, -0.2) is 12.9 Å². The second kappa shape index (κ2) is 3.05. The van der Waals surface area contributed by atoms with Crippen LogP contribution in [0.5, 0.6) is 5.75 Å². The highest BCUT2D eigenvalue weighted by atomic mass is 16.5. The van der Waals surface area contributed by atoms with E-state index in [0.717, 1.165) is 23.3 Å². The summed E-state index contributed by atoms with van der Waals surface area (Å²) in [6.45, 7) is 0. The molecule has 1 aromatic rings. The van der Waals surface area contributed by atoms with Gasteiger partial charge in [0.2, 0.25) is 0 Å². The molecular weight excluding hydrogens is 164 g/mol. The third-order valence-corrected chi connectivity index (χ3v) is 2.18. The summed E-state index contributed by atoms with van der Waals surface area (Å²) in [6, 6.07) is 5.55. The summed E-state index contributed by atoms with van der Waals surface area (Å²) >= 11 is 0. The molecule has 0 bridgehead atoms. The van der Waals surface area contributed by atoms with Gasteiger partial charge in [-0.3, -0.25) is 4.79 Å². The molecule has 0 atom stereocenters. The smallest absolute Gasteiger partial charge is 0.185 e. The Morgan fingerprint density at radius 3 is 3.00 bits per heavy atom. The molecule has 2 nitrogen and oxygen atoms in total. The summed E-state index contributed by atoms with van der Waals surface area (Å²) < 4.78 is 5.08. The summed E-state index contributed by atoms with van der Waals surface area (Å²) in [4.78, 5) is 11.4. The van der Waals surface area contributed by atoms with E-state index in [1.54, 1.807) is 13.2 Å². The number of fused-ring (bicyclic) bond motifs is 1. The minimum atomic E-state index is 0.0869. The molecule has 0 fully saturated rings. The highest BCUT2D eigenvalue weighted by Gasteiger charge is 2.12. The van der Waals surface area contributed by atoms with Crippen LogP contribution in [-0.2, 0) is 6.42 Å². The lowest BCUT2D eigenvalue weighted by molar-refractivity contribution is 0.104. The maximum absolute atomic E-state index is 11.4. The lowest BCUT2D eigenvalue weighted by atomic mass is 9.96. The number of benzene rings is 1. The van der Waals surface area contributed by atoms with Crippen molar-refractivity contribution >= 4 is 5.78 Å². The van der Waals surface area contributed by atoms with Gasteiger partial charge in [-0.2, -0.15) is 0 Å². The molecule has 0 spiro atoms. The van der Waals surface area contributed by atoms with E-state index in [1.165, 1.54) is 0 Å². The van der Waals surface area contributed by atoms with E-state index >= 15 is 0 Å². The third-order valence-electron chi connectivity index (χ3n) is 2.18. The van der Waals surface area contributed by atoms with Gasteiger partial charge in [0.1, 0.15) is 5.75 Å². The molecule has 1 aliphatic carbocycles. The van der Waals surface area contributed by atoms with Crippen molar-refractivity contribution in [3.8, 4) is 5.75 Å². The quantitative estimate of drug-likeness (QED) is 0.650. The first-order valence-electron chi connectivity index (χ1n) is 4.19. The van der Waals surface area contributed by atoms with E-state index in [1.807, 2.05) is 24.3 Å². The molecular formula is C11H10O2. The number of hydrogen-bond acceptors (Lipinski definition) is 2. The molecule has 0 aliphatic heterocycles. The van der Waals surface area contributed by atoms with Crippen LogP contribution in [0, 0.1) is 0 Å². The Labute approximate surface area is 76.8 Å². The fourth-order valence-electron chi connectivity index (χ4n) is 1.49. The standard InChI is InChI=1S/C11H10O2/c1-13-9-5-6-10-8(7-9)3-2-4-11(10)12/h2,4-7H,3H2,1H3. The monoisotopic (exact) mass is 174 g/mol. The van der Waals surface area contributed by atoms with E-state index in [4.69, 9.17) is 4.74 Å². The van der Waals surface area contributed by atoms with Gasteiger partial charge in [-0.1, -0.05) is 6.08 Å². The van der Waals surface area contributed by atoms with Crippen molar-refractivity contribution in [3.05, 3.63) is 41.5 Å². The normalized spacial score (nSPS) is 14.1. The molecule has 0 aromatic heterocycles. The largest absolute Gasteiger partial charge is 0.497 e. The highest BCUT2D eigenvalue weighted by Crippen LogP contribution is 2.21. The summed E-state index contributed by atoms with van der Waals surface area (Å²) in [5, 5.41) is 0. The molecule has 0 saturated heterocycles. The van der Waals surface area contributed by atoms with Gasteiger partial charge in [0, 0.05) is 5.56 Å². The van der Waals surface area contributed by atoms with Gasteiger partial charge in [0.15, 0.2) is 5.78 Å². The van der Waals surface area contributed by atoms with Gasteiger partial charge in [-0.25, -0.2) is 0 Å². The van der Waals surface area contributed by atoms with Crippen molar-refractivity contribution < 1.29 is 9.53 Å². The Kier molecular flexibility index (Phi) is 1.89. The van der Waals surface area contributed by atoms with Crippen LogP contribution in [0.4, 0.5) is 0 Å². The zero-order chi connectivity index (χ0) is 9.26. The van der Waals surface area contributed by atoms with E-state index in [2.05, 4.69) is 0 Å². The fraction of sp³-hybridized carbons (Fsp3) is 0.182. The molecule has 2 rings (SSSR count). The lowest BCUT2D eigenvalue weighted by Crippen LogP contribution is -2.05. The number of methoxy groups -OCH3 is 1. The van der Waals surface area contributed by atoms with Crippen molar-refractivity contribution in [1.29, 1.82) is 0 Å². The van der Waals surface area contributed by atoms with Gasteiger partial charge in [-0.05, 0) is 36.3 Å². The molecule has 0 radical (unpaired) electrons. The second-order valence-corrected chi connectivity index (χ2v) is 2.99. The number of carbonyl (C=O) groups excluding carboxylic acids is 1. The van der Waals surface area contributed by atoms with E-state index in [0.29, 0.717) is 0 Å². The minimum absolute atomic E-state index is 0.0869. The summed E-state index contributed by atoms with van der Waals surface area (Å²) in [6.07, 6.45) is 4.32. The average Bonchev–Trinajstić information content (AvgIpc) is 2.18. The molecule has 0 amide bonds. The summed E-state index contributed by atoms with van der Waals surface area (Å²) in [5.41, 5.74) is 1.84. The number of hydrogen-bond donors (Lipinski definition) is 0. The number of carbonyl (C=O) groups is 1. The molecule has 2 heteroatoms. The van der Waals surface area contributed by atoms with Gasteiger partial charge in [0.05, 0.1) is 7.11 Å². The zero-order valence-corrected chi connectivity index (χ0v) is 7.41. The van der Waals surface area contributed by atoms with Crippen molar-refractivity contribution in [2.45, 2.75) is 6.42 Å². The Balaban J connectivity index is 2.49. The molecule has 1 aliphatic rings. The molecule has 13 heavy (non-hydrogen) atoms. The maximum Gasteiger partial charge on any atom is 0.185 e. The Hall–Kier alpha value is -1.57. The van der Waals surface area contributed by atoms with E-state index in [-0.39, 0.29) is 5.78 Å². The van der Waals surface area contributed by atoms with E-state index < -0.39 is 0 Å². The molecule has 66 valence electrons. The van der Waals surface area contributed by atoms with Gasteiger partial charge in [-0.15, -0.1) is 0 Å². The van der Waals surface area contributed by atoms with Crippen LogP contribution < -0.4 is 4.74 Å². The van der Waals surface area contributed by atoms with Crippen LogP contribution in [0.15, 0.2) is 30.4 Å². The maximum atomic E-state index is 11.4. The number of ketones is 1. The number of allylic oxidation sites excluding steroid dienone is 2. The molecule has 0 heterocycles. The Morgan fingerprint density at radius 1 is 1.38 bits per heavy atom. The molecule has 1 aromatic carbocycles. The number of rotatable bonds is 1. The van der Waals surface area contributed by atoms with Crippen molar-refractivity contribution in [2.24, 2.45) is 0 Å². The average molecular weight is 174 g/mol. The Morgan fingerprint density at radius 2 is 2.23 bits per heavy atom. The van der Waals surface area contributed by atoms with Crippen LogP contribution in [0.2, 0.25) is 0 Å². The van der Waals surface area contributed by atoms with Crippen molar-refractivity contribution in [3.63, 3.8) is 0 Å². The summed E-state index contributed by atoms with van der Waals surface area (Å²) in [7, 11) is 1.63. The molecule has 0 N–H and O–H groups in total. The SMILES string of the molecule is COc1ccc2c(c1)CC=CC2=O. The molecule has 0 unspecified atom stereocenters. The second-order valence-electron chi connectivity index (χ2n) is 2.99. The number of ether oxygens (including phenoxy) is 1. The predicted octanol–water partition coefficient (Wildman–Crippen LogP) is 1.99. The topological polar surface area (TPSA) is 26.3 Å². The van der Waals surface area contributed by atoms with Crippen LogP contribution in [0.3, 0.4) is 0 Å². The lowest BCUT2D eigenvalue weighted by Gasteiger charge is -2.10. The highest BCUT2D eigenvalue weighted by molar-refractivity contribution is 6.06. The summed E-state index contributed by atoms with van der Waals surface area (Å²) in [5.74, 6) is 0.894. The molecule has 0 saturated carbocycles. The van der Waals surface area contributed by atoms with Gasteiger partial charge >= 0.3 is 0 Å². The minimum Gasteiger partial charge on any atom is -0.497 e.